The first-order valence-electron chi connectivity index (χ1n) is 10.4. The number of hydrogen-bond acceptors (Lipinski definition) is 4. The predicted molar refractivity (Wildman–Crippen MR) is 126 cm³/mol. The van der Waals surface area contributed by atoms with Gasteiger partial charge in [0.05, 0.1) is 17.5 Å². The first-order valence-corrected chi connectivity index (χ1v) is 11.2. The fourth-order valence-electron chi connectivity index (χ4n) is 3.64. The number of rotatable bonds is 7. The molecule has 0 bridgehead atoms. The highest BCUT2D eigenvalue weighted by Crippen LogP contribution is 2.41. The monoisotopic (exact) mass is 485 g/mol. The van der Waals surface area contributed by atoms with Gasteiger partial charge in [-0.2, -0.15) is 0 Å². The molecule has 1 aliphatic rings. The lowest BCUT2D eigenvalue weighted by atomic mass is 9.93. The Morgan fingerprint density at radius 2 is 1.82 bits per heavy atom. The zero-order chi connectivity index (χ0) is 23.4. The molecule has 1 unspecified atom stereocenters. The second-order valence-electron chi connectivity index (χ2n) is 7.57. The van der Waals surface area contributed by atoms with Gasteiger partial charge in [0, 0.05) is 28.8 Å². The summed E-state index contributed by atoms with van der Waals surface area (Å²) in [5, 5.41) is 13.2. The molecule has 0 saturated heterocycles. The van der Waals surface area contributed by atoms with Crippen LogP contribution in [0.15, 0.2) is 60.7 Å². The number of aliphatic carboxylic acids is 1. The number of nitrogens with one attached hydrogen (secondary N) is 1. The van der Waals surface area contributed by atoms with E-state index in [4.69, 9.17) is 32.7 Å². The zero-order valence-corrected chi connectivity index (χ0v) is 19.0. The van der Waals surface area contributed by atoms with Crippen molar-refractivity contribution in [2.75, 3.05) is 13.2 Å². The van der Waals surface area contributed by atoms with E-state index in [1.807, 2.05) is 24.3 Å². The van der Waals surface area contributed by atoms with Crippen LogP contribution < -0.4 is 14.8 Å². The van der Waals surface area contributed by atoms with E-state index in [1.54, 1.807) is 36.4 Å². The van der Waals surface area contributed by atoms with Crippen molar-refractivity contribution in [3.63, 3.8) is 0 Å². The lowest BCUT2D eigenvalue weighted by Gasteiger charge is -2.24. The van der Waals surface area contributed by atoms with Crippen LogP contribution in [0.3, 0.4) is 0 Å². The van der Waals surface area contributed by atoms with Crippen LogP contribution in [0.1, 0.15) is 33.8 Å². The van der Waals surface area contributed by atoms with Crippen LogP contribution in [0, 0.1) is 0 Å². The molecule has 0 spiro atoms. The van der Waals surface area contributed by atoms with Crippen LogP contribution >= 0.6 is 23.2 Å². The number of amides is 1. The number of halogens is 2. The summed E-state index contributed by atoms with van der Waals surface area (Å²) in [5.74, 6) is -0.495. The van der Waals surface area contributed by atoms with Crippen molar-refractivity contribution in [1.82, 2.24) is 5.32 Å². The predicted octanol–water partition coefficient (Wildman–Crippen LogP) is 5.71. The third kappa shape index (κ3) is 5.41. The average molecular weight is 486 g/mol. The van der Waals surface area contributed by atoms with Crippen LogP contribution in [0.4, 0.5) is 0 Å². The van der Waals surface area contributed by atoms with Crippen molar-refractivity contribution in [3.05, 3.63) is 87.4 Å². The Bertz CT molecular complexity index is 1180. The zero-order valence-electron chi connectivity index (χ0n) is 17.5. The molecule has 2 N–H and O–H groups in total. The quantitative estimate of drug-likeness (QED) is 0.447. The van der Waals surface area contributed by atoms with Crippen molar-refractivity contribution >= 4 is 35.1 Å². The molecule has 0 fully saturated rings. The molecular weight excluding hydrogens is 465 g/mol. The molecule has 3 aromatic carbocycles. The van der Waals surface area contributed by atoms with Gasteiger partial charge in [-0.25, -0.2) is 0 Å². The van der Waals surface area contributed by atoms with Gasteiger partial charge in [-0.1, -0.05) is 41.4 Å². The van der Waals surface area contributed by atoms with Gasteiger partial charge >= 0.3 is 5.97 Å². The Hall–Kier alpha value is -3.22. The number of fused-ring (bicyclic) bond motifs is 1. The van der Waals surface area contributed by atoms with Gasteiger partial charge in [0.15, 0.2) is 0 Å². The first-order chi connectivity index (χ1) is 15.9. The van der Waals surface area contributed by atoms with E-state index in [9.17, 15) is 14.7 Å². The van der Waals surface area contributed by atoms with Gasteiger partial charge in [0.25, 0.3) is 5.91 Å². The summed E-state index contributed by atoms with van der Waals surface area (Å²) in [6, 6.07) is 17.3. The number of hydrogen-bond donors (Lipinski definition) is 2. The number of carboxylic acid groups (broad SMARTS) is 1. The normalized spacial score (nSPS) is 14.7. The smallest absolute Gasteiger partial charge is 0.311 e. The fourth-order valence-corrected chi connectivity index (χ4v) is 4.08. The van der Waals surface area contributed by atoms with E-state index in [0.717, 1.165) is 5.56 Å². The van der Waals surface area contributed by atoms with E-state index in [1.165, 1.54) is 0 Å². The van der Waals surface area contributed by atoms with E-state index < -0.39 is 11.9 Å². The molecule has 170 valence electrons. The minimum Gasteiger partial charge on any atom is -0.493 e. The summed E-state index contributed by atoms with van der Waals surface area (Å²) in [6.07, 6.45) is 1.02. The third-order valence-electron chi connectivity index (χ3n) is 5.38. The second-order valence-corrected chi connectivity index (χ2v) is 8.39. The summed E-state index contributed by atoms with van der Waals surface area (Å²) in [5.41, 5.74) is 2.00. The third-order valence-corrected chi connectivity index (χ3v) is 6.05. The highest BCUT2D eigenvalue weighted by Gasteiger charge is 2.29. The van der Waals surface area contributed by atoms with E-state index in [2.05, 4.69) is 5.32 Å². The molecule has 8 heteroatoms. The number of carbonyl (C=O) groups is 2. The molecule has 1 aliphatic heterocycles. The topological polar surface area (TPSA) is 84.9 Å². The maximum atomic E-state index is 12.4. The first kappa shape index (κ1) is 23.0. The molecule has 1 heterocycles. The highest BCUT2D eigenvalue weighted by atomic mass is 35.5. The lowest BCUT2D eigenvalue weighted by molar-refractivity contribution is -0.139. The molecule has 1 amide bonds. The number of carbonyl (C=O) groups excluding carboxylic acids is 1. The second kappa shape index (κ2) is 10.1. The minimum absolute atomic E-state index is 0.200. The van der Waals surface area contributed by atoms with E-state index in [0.29, 0.717) is 59.4 Å². The molecule has 3 aromatic rings. The van der Waals surface area contributed by atoms with Gasteiger partial charge in [-0.3, -0.25) is 9.59 Å². The van der Waals surface area contributed by atoms with Crippen molar-refractivity contribution in [3.8, 4) is 17.2 Å². The Morgan fingerprint density at radius 3 is 2.55 bits per heavy atom. The minimum atomic E-state index is -0.912. The van der Waals surface area contributed by atoms with Gasteiger partial charge in [-0.15, -0.1) is 0 Å². The molecule has 0 radical (unpaired) electrons. The maximum Gasteiger partial charge on any atom is 0.311 e. The van der Waals surface area contributed by atoms with Crippen LogP contribution in [-0.4, -0.2) is 30.1 Å². The maximum absolute atomic E-state index is 12.4. The Balaban J connectivity index is 1.39. The van der Waals surface area contributed by atoms with Crippen molar-refractivity contribution in [2.24, 2.45) is 0 Å². The van der Waals surface area contributed by atoms with Crippen LogP contribution in [-0.2, 0) is 11.2 Å². The van der Waals surface area contributed by atoms with Crippen LogP contribution in [0.5, 0.6) is 17.2 Å². The highest BCUT2D eigenvalue weighted by molar-refractivity contribution is 6.32. The van der Waals surface area contributed by atoms with Gasteiger partial charge in [-0.05, 0) is 54.8 Å². The van der Waals surface area contributed by atoms with Crippen molar-refractivity contribution in [2.45, 2.75) is 18.8 Å². The SMILES string of the molecule is O=C(NCCc1ccccc1Cl)c1ccc(Oc2cc3c(cc2Cl)C(C(=O)O)CCO3)cc1. The lowest BCUT2D eigenvalue weighted by Crippen LogP contribution is -2.25. The average Bonchev–Trinajstić information content (AvgIpc) is 2.80. The van der Waals surface area contributed by atoms with Crippen molar-refractivity contribution < 1.29 is 24.2 Å². The summed E-state index contributed by atoms with van der Waals surface area (Å²) in [7, 11) is 0. The molecule has 6 nitrogen and oxygen atoms in total. The van der Waals surface area contributed by atoms with Crippen LogP contribution in [0.25, 0.3) is 0 Å². The summed E-state index contributed by atoms with van der Waals surface area (Å²) < 4.78 is 11.5. The van der Waals surface area contributed by atoms with Crippen molar-refractivity contribution in [1.29, 1.82) is 0 Å². The molecule has 0 aromatic heterocycles. The summed E-state index contributed by atoms with van der Waals surface area (Å²) in [4.78, 5) is 23.9. The fraction of sp³-hybridized carbons (Fsp3) is 0.200. The summed E-state index contributed by atoms with van der Waals surface area (Å²) >= 11 is 12.5. The number of benzene rings is 3. The Labute approximate surface area is 201 Å². The molecule has 0 saturated carbocycles. The molecule has 0 aliphatic carbocycles. The van der Waals surface area contributed by atoms with Gasteiger partial charge in [0.1, 0.15) is 17.2 Å². The van der Waals surface area contributed by atoms with Gasteiger partial charge in [0.2, 0.25) is 0 Å². The van der Waals surface area contributed by atoms with E-state index in [-0.39, 0.29) is 10.9 Å². The largest absolute Gasteiger partial charge is 0.493 e. The molecular formula is C25H21Cl2NO5. The number of ether oxygens (including phenoxy) is 2. The van der Waals surface area contributed by atoms with E-state index >= 15 is 0 Å². The molecule has 1 atom stereocenters. The molecule has 33 heavy (non-hydrogen) atoms. The molecule has 4 rings (SSSR count). The van der Waals surface area contributed by atoms with Gasteiger partial charge < -0.3 is 19.9 Å². The van der Waals surface area contributed by atoms with Crippen LogP contribution in [0.2, 0.25) is 10.0 Å². The number of carboxylic acids is 1. The standard InChI is InChI=1S/C25H21Cl2NO5/c26-20-4-2-1-3-15(20)9-11-28-24(29)16-5-7-17(8-6-16)33-23-14-22-19(13-21(23)27)18(25(30)31)10-12-32-22/h1-8,13-14,18H,9-12H2,(H,28,29)(H,30,31). The summed E-state index contributed by atoms with van der Waals surface area (Å²) in [6.45, 7) is 0.772. The Morgan fingerprint density at radius 1 is 1.06 bits per heavy atom. The Kier molecular flexibility index (Phi) is 7.06.